The molecule has 1 N–H and O–H groups in total. The van der Waals surface area contributed by atoms with Crippen LogP contribution in [0.2, 0.25) is 0 Å². The van der Waals surface area contributed by atoms with E-state index in [2.05, 4.69) is 67.4 Å². The standard InChI is InChI=1S/C24H38N2O/c1-4-7-8-9-12-19-27-24-16-15-21-13-10-11-14-22(21)23(24)20-25-17-18-26(5-2)6-3/h10-11,13-16,25H,4-9,12,17-20H2,1-3H3. The van der Waals surface area contributed by atoms with E-state index in [1.807, 2.05) is 0 Å². The number of nitrogens with zero attached hydrogens (tertiary/aromatic N) is 1. The average Bonchev–Trinajstić information content (AvgIpc) is 2.71. The summed E-state index contributed by atoms with van der Waals surface area (Å²) in [6, 6.07) is 13.0. The number of nitrogens with one attached hydrogen (secondary N) is 1. The van der Waals surface area contributed by atoms with Gasteiger partial charge in [0.1, 0.15) is 5.75 Å². The third-order valence-electron chi connectivity index (χ3n) is 5.30. The van der Waals surface area contributed by atoms with Crippen molar-refractivity contribution >= 4 is 10.8 Å². The lowest BCUT2D eigenvalue weighted by Crippen LogP contribution is -2.31. The number of unbranched alkanes of at least 4 members (excludes halogenated alkanes) is 4. The molecule has 0 atom stereocenters. The summed E-state index contributed by atoms with van der Waals surface area (Å²) in [6.45, 7) is 12.7. The van der Waals surface area contributed by atoms with Gasteiger partial charge in [-0.3, -0.25) is 0 Å². The van der Waals surface area contributed by atoms with Crippen LogP contribution in [0, 0.1) is 0 Å². The predicted molar refractivity (Wildman–Crippen MR) is 118 cm³/mol. The molecule has 0 aliphatic carbocycles. The lowest BCUT2D eigenvalue weighted by Gasteiger charge is -2.19. The second-order valence-electron chi connectivity index (χ2n) is 7.23. The minimum atomic E-state index is 0.814. The number of hydrogen-bond donors (Lipinski definition) is 1. The number of benzene rings is 2. The normalized spacial score (nSPS) is 11.4. The van der Waals surface area contributed by atoms with E-state index in [-0.39, 0.29) is 0 Å². The zero-order valence-electron chi connectivity index (χ0n) is 17.6. The Morgan fingerprint density at radius 3 is 2.44 bits per heavy atom. The first-order chi connectivity index (χ1) is 13.3. The number of rotatable bonds is 14. The van der Waals surface area contributed by atoms with Gasteiger partial charge in [-0.05, 0) is 36.3 Å². The minimum absolute atomic E-state index is 0.814. The molecule has 0 fully saturated rings. The Bertz CT molecular complexity index is 652. The molecule has 3 heteroatoms. The molecule has 0 unspecified atom stereocenters. The molecule has 2 rings (SSSR count). The third kappa shape index (κ3) is 7.15. The fraction of sp³-hybridized carbons (Fsp3) is 0.583. The van der Waals surface area contributed by atoms with Gasteiger partial charge in [-0.25, -0.2) is 0 Å². The van der Waals surface area contributed by atoms with Gasteiger partial charge < -0.3 is 15.0 Å². The summed E-state index contributed by atoms with van der Waals surface area (Å²) < 4.78 is 6.20. The van der Waals surface area contributed by atoms with Gasteiger partial charge in [0.25, 0.3) is 0 Å². The van der Waals surface area contributed by atoms with Crippen molar-refractivity contribution in [1.29, 1.82) is 0 Å². The fourth-order valence-electron chi connectivity index (χ4n) is 3.51. The monoisotopic (exact) mass is 370 g/mol. The summed E-state index contributed by atoms with van der Waals surface area (Å²) in [5, 5.41) is 6.22. The van der Waals surface area contributed by atoms with E-state index in [1.54, 1.807) is 0 Å². The van der Waals surface area contributed by atoms with Gasteiger partial charge in [0.15, 0.2) is 0 Å². The molecule has 0 aliphatic rings. The molecule has 0 heterocycles. The molecule has 0 bridgehead atoms. The van der Waals surface area contributed by atoms with Crippen molar-refractivity contribution in [3.63, 3.8) is 0 Å². The second kappa shape index (κ2) is 12.7. The van der Waals surface area contributed by atoms with E-state index in [4.69, 9.17) is 4.74 Å². The lowest BCUT2D eigenvalue weighted by atomic mass is 10.0. The Kier molecular flexibility index (Phi) is 10.3. The number of hydrogen-bond acceptors (Lipinski definition) is 3. The molecule has 0 spiro atoms. The van der Waals surface area contributed by atoms with Crippen molar-refractivity contribution in [2.75, 3.05) is 32.8 Å². The van der Waals surface area contributed by atoms with Gasteiger partial charge >= 0.3 is 0 Å². The van der Waals surface area contributed by atoms with E-state index in [0.717, 1.165) is 51.5 Å². The maximum atomic E-state index is 6.20. The number of likely N-dealkylation sites (N-methyl/N-ethyl adjacent to an activating group) is 1. The van der Waals surface area contributed by atoms with Crippen molar-refractivity contribution in [2.24, 2.45) is 0 Å². The van der Waals surface area contributed by atoms with Gasteiger partial charge in [-0.2, -0.15) is 0 Å². The molecular formula is C24H38N2O. The van der Waals surface area contributed by atoms with Crippen LogP contribution in [-0.4, -0.2) is 37.7 Å². The van der Waals surface area contributed by atoms with Gasteiger partial charge in [-0.1, -0.05) is 76.8 Å². The smallest absolute Gasteiger partial charge is 0.124 e. The van der Waals surface area contributed by atoms with Crippen molar-refractivity contribution in [3.05, 3.63) is 42.0 Å². The summed E-state index contributed by atoms with van der Waals surface area (Å²) in [6.07, 6.45) is 6.34. The largest absolute Gasteiger partial charge is 0.493 e. The molecular weight excluding hydrogens is 332 g/mol. The van der Waals surface area contributed by atoms with Crippen LogP contribution in [0.15, 0.2) is 36.4 Å². The van der Waals surface area contributed by atoms with Crippen LogP contribution in [0.25, 0.3) is 10.8 Å². The molecule has 2 aromatic carbocycles. The quantitative estimate of drug-likeness (QED) is 0.437. The Morgan fingerprint density at radius 1 is 0.889 bits per heavy atom. The van der Waals surface area contributed by atoms with Crippen LogP contribution in [0.5, 0.6) is 5.75 Å². The highest BCUT2D eigenvalue weighted by molar-refractivity contribution is 5.87. The molecule has 3 nitrogen and oxygen atoms in total. The molecule has 0 radical (unpaired) electrons. The molecule has 0 aliphatic heterocycles. The molecule has 2 aromatic rings. The van der Waals surface area contributed by atoms with E-state index in [1.165, 1.54) is 42.0 Å². The summed E-state index contributed by atoms with van der Waals surface area (Å²) in [7, 11) is 0. The molecule has 150 valence electrons. The highest BCUT2D eigenvalue weighted by atomic mass is 16.5. The Hall–Kier alpha value is -1.58. The van der Waals surface area contributed by atoms with Crippen LogP contribution >= 0.6 is 0 Å². The van der Waals surface area contributed by atoms with Crippen molar-refractivity contribution in [2.45, 2.75) is 59.4 Å². The molecule has 0 aromatic heterocycles. The summed E-state index contributed by atoms with van der Waals surface area (Å²) in [5.41, 5.74) is 1.29. The first-order valence-corrected chi connectivity index (χ1v) is 10.9. The Balaban J connectivity index is 1.97. The zero-order chi connectivity index (χ0) is 19.3. The molecule has 27 heavy (non-hydrogen) atoms. The van der Waals surface area contributed by atoms with Gasteiger partial charge in [0, 0.05) is 25.2 Å². The minimum Gasteiger partial charge on any atom is -0.493 e. The third-order valence-corrected chi connectivity index (χ3v) is 5.30. The average molecular weight is 371 g/mol. The maximum absolute atomic E-state index is 6.20. The lowest BCUT2D eigenvalue weighted by molar-refractivity contribution is 0.296. The summed E-state index contributed by atoms with van der Waals surface area (Å²) >= 11 is 0. The van der Waals surface area contributed by atoms with Gasteiger partial charge in [0.2, 0.25) is 0 Å². The molecule has 0 saturated carbocycles. The highest BCUT2D eigenvalue weighted by Gasteiger charge is 2.09. The Labute approximate surface area is 166 Å². The van der Waals surface area contributed by atoms with E-state index in [9.17, 15) is 0 Å². The van der Waals surface area contributed by atoms with Crippen molar-refractivity contribution in [1.82, 2.24) is 10.2 Å². The number of fused-ring (bicyclic) bond motifs is 1. The van der Waals surface area contributed by atoms with Crippen molar-refractivity contribution < 1.29 is 4.74 Å². The summed E-state index contributed by atoms with van der Waals surface area (Å²) in [5.74, 6) is 1.04. The van der Waals surface area contributed by atoms with E-state index < -0.39 is 0 Å². The first kappa shape index (κ1) is 21.7. The maximum Gasteiger partial charge on any atom is 0.124 e. The van der Waals surface area contributed by atoms with Crippen LogP contribution in [0.4, 0.5) is 0 Å². The first-order valence-electron chi connectivity index (χ1n) is 10.9. The van der Waals surface area contributed by atoms with Crippen LogP contribution < -0.4 is 10.1 Å². The van der Waals surface area contributed by atoms with Crippen LogP contribution in [0.1, 0.15) is 58.4 Å². The zero-order valence-corrected chi connectivity index (χ0v) is 17.6. The number of ether oxygens (including phenoxy) is 1. The van der Waals surface area contributed by atoms with Gasteiger partial charge in [0.05, 0.1) is 6.61 Å². The highest BCUT2D eigenvalue weighted by Crippen LogP contribution is 2.28. The SMILES string of the molecule is CCCCCCCOc1ccc2ccccc2c1CNCCN(CC)CC. The predicted octanol–water partition coefficient (Wildman–Crippen LogP) is 5.62. The van der Waals surface area contributed by atoms with Gasteiger partial charge in [-0.15, -0.1) is 0 Å². The molecule has 0 saturated heterocycles. The van der Waals surface area contributed by atoms with E-state index >= 15 is 0 Å². The fourth-order valence-corrected chi connectivity index (χ4v) is 3.51. The van der Waals surface area contributed by atoms with Crippen molar-refractivity contribution in [3.8, 4) is 5.75 Å². The second-order valence-corrected chi connectivity index (χ2v) is 7.23. The van der Waals surface area contributed by atoms with Crippen LogP contribution in [-0.2, 0) is 6.54 Å². The van der Waals surface area contributed by atoms with E-state index in [0.29, 0.717) is 0 Å². The topological polar surface area (TPSA) is 24.5 Å². The summed E-state index contributed by atoms with van der Waals surface area (Å²) in [4.78, 5) is 2.45. The molecule has 0 amide bonds. The Morgan fingerprint density at radius 2 is 1.67 bits per heavy atom. The van der Waals surface area contributed by atoms with Crippen LogP contribution in [0.3, 0.4) is 0 Å².